The van der Waals surface area contributed by atoms with Crippen molar-refractivity contribution in [2.75, 3.05) is 6.61 Å². The van der Waals surface area contributed by atoms with Gasteiger partial charge in [-0.3, -0.25) is 0 Å². The monoisotopic (exact) mass is 130 g/mol. The molecule has 1 saturated heterocycles. The molecule has 1 N–H and O–H groups in total. The van der Waals surface area contributed by atoms with Crippen LogP contribution >= 0.6 is 0 Å². The van der Waals surface area contributed by atoms with Crippen molar-refractivity contribution < 1.29 is 9.84 Å². The Kier molecular flexibility index (Phi) is 1.78. The zero-order valence-corrected chi connectivity index (χ0v) is 6.05. The fraction of sp³-hybridized carbons (Fsp3) is 1.00. The highest BCUT2D eigenvalue weighted by Gasteiger charge is 2.34. The summed E-state index contributed by atoms with van der Waals surface area (Å²) in [5.41, 5.74) is -0.250. The van der Waals surface area contributed by atoms with Crippen LogP contribution in [0.2, 0.25) is 0 Å². The summed E-state index contributed by atoms with van der Waals surface area (Å²) in [6, 6.07) is 0. The molecule has 54 valence electrons. The largest absolute Gasteiger partial charge is 0.390 e. The van der Waals surface area contributed by atoms with Gasteiger partial charge in [-0.1, -0.05) is 0 Å². The van der Waals surface area contributed by atoms with Crippen LogP contribution in [0.5, 0.6) is 0 Å². The Hall–Kier alpha value is -0.0800. The molecule has 0 saturated carbocycles. The molecule has 2 unspecified atom stereocenters. The second-order valence-electron chi connectivity index (χ2n) is 2.94. The van der Waals surface area contributed by atoms with Gasteiger partial charge in [-0.25, -0.2) is 0 Å². The lowest BCUT2D eigenvalue weighted by Crippen LogP contribution is -2.36. The van der Waals surface area contributed by atoms with Gasteiger partial charge in [-0.05, 0) is 26.7 Å². The van der Waals surface area contributed by atoms with Crippen LogP contribution in [0.1, 0.15) is 26.7 Å². The van der Waals surface area contributed by atoms with Crippen molar-refractivity contribution in [2.24, 2.45) is 0 Å². The van der Waals surface area contributed by atoms with E-state index in [-0.39, 0.29) is 11.7 Å². The van der Waals surface area contributed by atoms with Gasteiger partial charge in [0, 0.05) is 6.61 Å². The molecule has 2 atom stereocenters. The zero-order valence-electron chi connectivity index (χ0n) is 6.05. The highest BCUT2D eigenvalue weighted by Crippen LogP contribution is 2.27. The second-order valence-corrected chi connectivity index (χ2v) is 2.94. The summed E-state index contributed by atoms with van der Waals surface area (Å²) in [7, 11) is 0. The van der Waals surface area contributed by atoms with Gasteiger partial charge in [0.1, 0.15) is 0 Å². The standard InChI is InChI=1S/C7H14O2/c1-6(8)7(2)4-3-5-9-7/h6,8H,3-5H2,1-2H3. The fourth-order valence-electron chi connectivity index (χ4n) is 1.13. The average Bonchev–Trinajstić information content (AvgIpc) is 2.16. The maximum Gasteiger partial charge on any atom is 0.0910 e. The summed E-state index contributed by atoms with van der Waals surface area (Å²) in [4.78, 5) is 0. The minimum Gasteiger partial charge on any atom is -0.390 e. The number of rotatable bonds is 1. The Bertz CT molecular complexity index is 93.1. The molecule has 1 rings (SSSR count). The van der Waals surface area contributed by atoms with Gasteiger partial charge >= 0.3 is 0 Å². The van der Waals surface area contributed by atoms with E-state index >= 15 is 0 Å². The van der Waals surface area contributed by atoms with Crippen LogP contribution in [0.4, 0.5) is 0 Å². The molecule has 1 aliphatic rings. The van der Waals surface area contributed by atoms with E-state index < -0.39 is 0 Å². The summed E-state index contributed by atoms with van der Waals surface area (Å²) in [5, 5.41) is 9.19. The molecule has 0 amide bonds. The fourth-order valence-corrected chi connectivity index (χ4v) is 1.13. The summed E-state index contributed by atoms with van der Waals surface area (Å²) >= 11 is 0. The van der Waals surface area contributed by atoms with Crippen LogP contribution in [-0.2, 0) is 4.74 Å². The van der Waals surface area contributed by atoms with Gasteiger partial charge in [0.25, 0.3) is 0 Å². The Balaban J connectivity index is 2.51. The number of ether oxygens (including phenoxy) is 1. The first kappa shape index (κ1) is 7.03. The molecule has 0 spiro atoms. The molecular weight excluding hydrogens is 116 g/mol. The molecule has 0 aromatic carbocycles. The molecule has 1 fully saturated rings. The maximum atomic E-state index is 9.19. The molecule has 0 bridgehead atoms. The van der Waals surface area contributed by atoms with Gasteiger partial charge in [-0.2, -0.15) is 0 Å². The number of aliphatic hydroxyl groups is 1. The van der Waals surface area contributed by atoms with Gasteiger partial charge in [-0.15, -0.1) is 0 Å². The first-order valence-electron chi connectivity index (χ1n) is 3.47. The lowest BCUT2D eigenvalue weighted by molar-refractivity contribution is -0.0691. The number of hydrogen-bond donors (Lipinski definition) is 1. The van der Waals surface area contributed by atoms with Crippen LogP contribution in [0, 0.1) is 0 Å². The Labute approximate surface area is 55.8 Å². The smallest absolute Gasteiger partial charge is 0.0910 e. The van der Waals surface area contributed by atoms with E-state index in [0.717, 1.165) is 19.4 Å². The van der Waals surface area contributed by atoms with E-state index in [0.29, 0.717) is 0 Å². The van der Waals surface area contributed by atoms with Gasteiger partial charge < -0.3 is 9.84 Å². The van der Waals surface area contributed by atoms with E-state index in [1.54, 1.807) is 6.92 Å². The molecule has 9 heavy (non-hydrogen) atoms. The molecule has 0 aliphatic carbocycles. The third-order valence-electron chi connectivity index (χ3n) is 2.13. The average molecular weight is 130 g/mol. The molecule has 1 heterocycles. The molecule has 2 nitrogen and oxygen atoms in total. The van der Waals surface area contributed by atoms with Crippen LogP contribution in [0.15, 0.2) is 0 Å². The van der Waals surface area contributed by atoms with Crippen molar-refractivity contribution in [1.82, 2.24) is 0 Å². The molecule has 2 heteroatoms. The first-order chi connectivity index (χ1) is 4.15. The Morgan fingerprint density at radius 1 is 1.67 bits per heavy atom. The quantitative estimate of drug-likeness (QED) is 0.572. The summed E-state index contributed by atoms with van der Waals surface area (Å²) in [5.74, 6) is 0. The predicted molar refractivity (Wildman–Crippen MR) is 35.3 cm³/mol. The molecule has 0 aromatic heterocycles. The minimum absolute atomic E-state index is 0.250. The van der Waals surface area contributed by atoms with Gasteiger partial charge in [0.15, 0.2) is 0 Å². The van der Waals surface area contributed by atoms with E-state index in [4.69, 9.17) is 4.74 Å². The van der Waals surface area contributed by atoms with E-state index in [1.807, 2.05) is 6.92 Å². The predicted octanol–water partition coefficient (Wildman–Crippen LogP) is 0.936. The van der Waals surface area contributed by atoms with Gasteiger partial charge in [0.2, 0.25) is 0 Å². The van der Waals surface area contributed by atoms with Crippen molar-refractivity contribution in [1.29, 1.82) is 0 Å². The SMILES string of the molecule is CC(O)C1(C)CCCO1. The van der Waals surface area contributed by atoms with Gasteiger partial charge in [0.05, 0.1) is 11.7 Å². The van der Waals surface area contributed by atoms with Crippen molar-refractivity contribution in [3.63, 3.8) is 0 Å². The van der Waals surface area contributed by atoms with Crippen LogP contribution < -0.4 is 0 Å². The second kappa shape index (κ2) is 2.27. The number of aliphatic hydroxyl groups excluding tert-OH is 1. The molecule has 0 aromatic rings. The topological polar surface area (TPSA) is 29.5 Å². The van der Waals surface area contributed by atoms with Crippen LogP contribution in [0.25, 0.3) is 0 Å². The van der Waals surface area contributed by atoms with E-state index in [9.17, 15) is 5.11 Å². The lowest BCUT2D eigenvalue weighted by Gasteiger charge is -2.25. The van der Waals surface area contributed by atoms with Crippen molar-refractivity contribution in [3.8, 4) is 0 Å². The number of hydrogen-bond acceptors (Lipinski definition) is 2. The highest BCUT2D eigenvalue weighted by molar-refractivity contribution is 4.84. The zero-order chi connectivity index (χ0) is 6.91. The maximum absolute atomic E-state index is 9.19. The van der Waals surface area contributed by atoms with E-state index in [1.165, 1.54) is 0 Å². The lowest BCUT2D eigenvalue weighted by atomic mass is 9.97. The Morgan fingerprint density at radius 3 is 2.56 bits per heavy atom. The van der Waals surface area contributed by atoms with E-state index in [2.05, 4.69) is 0 Å². The normalized spacial score (nSPS) is 39.0. The Morgan fingerprint density at radius 2 is 2.33 bits per heavy atom. The highest BCUT2D eigenvalue weighted by atomic mass is 16.5. The molecular formula is C7H14O2. The van der Waals surface area contributed by atoms with Crippen molar-refractivity contribution in [3.05, 3.63) is 0 Å². The third-order valence-corrected chi connectivity index (χ3v) is 2.13. The summed E-state index contributed by atoms with van der Waals surface area (Å²) in [6.45, 7) is 4.55. The van der Waals surface area contributed by atoms with Crippen molar-refractivity contribution >= 4 is 0 Å². The van der Waals surface area contributed by atoms with Crippen molar-refractivity contribution in [2.45, 2.75) is 38.4 Å². The molecule has 1 aliphatic heterocycles. The summed E-state index contributed by atoms with van der Waals surface area (Å²) in [6.07, 6.45) is 1.74. The first-order valence-corrected chi connectivity index (χ1v) is 3.47. The van der Waals surface area contributed by atoms with Crippen LogP contribution in [0.3, 0.4) is 0 Å². The minimum atomic E-state index is -0.333. The third kappa shape index (κ3) is 1.25. The summed E-state index contributed by atoms with van der Waals surface area (Å²) < 4.78 is 5.35. The van der Waals surface area contributed by atoms with Crippen LogP contribution in [-0.4, -0.2) is 23.4 Å². The molecule has 0 radical (unpaired) electrons.